The van der Waals surface area contributed by atoms with Crippen molar-refractivity contribution >= 4 is 50.9 Å². The maximum atomic E-state index is 14.8. The van der Waals surface area contributed by atoms with Crippen LogP contribution in [0.2, 0.25) is 10.0 Å². The topological polar surface area (TPSA) is 127 Å². The number of anilines is 1. The molecule has 0 unspecified atom stereocenters. The van der Waals surface area contributed by atoms with Crippen LogP contribution in [0.3, 0.4) is 0 Å². The van der Waals surface area contributed by atoms with Crippen LogP contribution in [0.1, 0.15) is 43.9 Å². The number of rotatable bonds is 9. The number of halogens is 2. The highest BCUT2D eigenvalue weighted by atomic mass is 35.5. The van der Waals surface area contributed by atoms with E-state index in [1.165, 1.54) is 52.4 Å². The fraction of sp³-hybridized carbons (Fsp3) is 0.243. The third-order valence-electron chi connectivity index (χ3n) is 9.51. The molecular weight excluding hydrogens is 727 g/mol. The van der Waals surface area contributed by atoms with Gasteiger partial charge in [0, 0.05) is 61.7 Å². The van der Waals surface area contributed by atoms with Crippen molar-refractivity contribution in [3.8, 4) is 0 Å². The minimum Gasteiger partial charge on any atom is -0.465 e. The lowest BCUT2D eigenvalue weighted by Gasteiger charge is -2.34. The number of esters is 1. The number of piperazine rings is 1. The second-order valence-corrected chi connectivity index (χ2v) is 15.2. The molecule has 2 atom stereocenters. The minimum atomic E-state index is -4.47. The van der Waals surface area contributed by atoms with Crippen LogP contribution in [-0.4, -0.2) is 84.0 Å². The molecule has 0 N–H and O–H groups in total. The Kier molecular flexibility index (Phi) is 9.94. The fourth-order valence-corrected chi connectivity index (χ4v) is 8.78. The molecule has 5 aromatic rings. The monoisotopic (exact) mass is 760 g/mol. The van der Waals surface area contributed by atoms with Gasteiger partial charge in [-0.1, -0.05) is 53.5 Å². The van der Waals surface area contributed by atoms with E-state index >= 15 is 0 Å². The molecule has 12 nitrogen and oxygen atoms in total. The van der Waals surface area contributed by atoms with E-state index in [1.807, 2.05) is 10.8 Å². The number of sulfonamides is 1. The summed E-state index contributed by atoms with van der Waals surface area (Å²) < 4.78 is 39.0. The molecule has 1 amide bonds. The number of carbonyl (C=O) groups excluding carboxylic acids is 2. The van der Waals surface area contributed by atoms with Crippen LogP contribution >= 0.6 is 23.2 Å². The van der Waals surface area contributed by atoms with Crippen molar-refractivity contribution in [2.45, 2.75) is 23.5 Å². The van der Waals surface area contributed by atoms with Crippen LogP contribution < -0.4 is 9.86 Å². The average molecular weight is 762 g/mol. The van der Waals surface area contributed by atoms with E-state index in [1.54, 1.807) is 66.0 Å². The summed E-state index contributed by atoms with van der Waals surface area (Å²) in [7, 11) is -3.26. The third-order valence-corrected chi connectivity index (χ3v) is 11.8. The van der Waals surface area contributed by atoms with Crippen LogP contribution in [0.25, 0.3) is 0 Å². The molecule has 15 heteroatoms. The van der Waals surface area contributed by atoms with E-state index in [0.29, 0.717) is 47.4 Å². The number of imidazole rings is 1. The van der Waals surface area contributed by atoms with E-state index in [-0.39, 0.29) is 21.8 Å². The van der Waals surface area contributed by atoms with E-state index in [2.05, 4.69) is 9.88 Å². The number of benzene rings is 3. The van der Waals surface area contributed by atoms with Crippen molar-refractivity contribution in [3.05, 3.63) is 146 Å². The summed E-state index contributed by atoms with van der Waals surface area (Å²) in [5.41, 5.74) is 0.464. The van der Waals surface area contributed by atoms with E-state index in [0.717, 1.165) is 13.1 Å². The molecule has 268 valence electrons. The summed E-state index contributed by atoms with van der Waals surface area (Å²) in [6.45, 7) is 3.68. The van der Waals surface area contributed by atoms with Crippen LogP contribution in [0.5, 0.6) is 0 Å². The Hall–Kier alpha value is -4.95. The number of fused-ring (bicyclic) bond motifs is 1. The lowest BCUT2D eigenvalue weighted by atomic mass is 9.94. The second kappa shape index (κ2) is 14.6. The molecule has 0 spiro atoms. The molecule has 2 aliphatic heterocycles. The van der Waals surface area contributed by atoms with Gasteiger partial charge in [0.25, 0.3) is 21.5 Å². The first-order valence-corrected chi connectivity index (χ1v) is 18.7. The number of hydrogen-bond acceptors (Lipinski definition) is 8. The molecule has 2 aliphatic rings. The lowest BCUT2D eigenvalue weighted by Crippen LogP contribution is -2.50. The second-order valence-electron chi connectivity index (χ2n) is 12.5. The zero-order chi connectivity index (χ0) is 36.6. The van der Waals surface area contributed by atoms with Crippen molar-refractivity contribution in [2.75, 3.05) is 44.1 Å². The van der Waals surface area contributed by atoms with Gasteiger partial charge in [0.2, 0.25) is 0 Å². The predicted molar refractivity (Wildman–Crippen MR) is 197 cm³/mol. The molecule has 0 radical (unpaired) electrons. The number of aromatic nitrogens is 3. The maximum absolute atomic E-state index is 14.8. The van der Waals surface area contributed by atoms with Gasteiger partial charge in [-0.2, -0.15) is 0 Å². The van der Waals surface area contributed by atoms with Gasteiger partial charge in [0.05, 0.1) is 36.0 Å². The van der Waals surface area contributed by atoms with Gasteiger partial charge >= 0.3 is 5.97 Å². The molecule has 2 aromatic heterocycles. The minimum absolute atomic E-state index is 0.0419. The number of nitrogens with zero attached hydrogens (tertiary/aromatic N) is 6. The Labute approximate surface area is 310 Å². The highest BCUT2D eigenvalue weighted by Gasteiger charge is 2.48. The van der Waals surface area contributed by atoms with Crippen molar-refractivity contribution in [2.24, 2.45) is 0 Å². The van der Waals surface area contributed by atoms with Gasteiger partial charge in [-0.25, -0.2) is 22.5 Å². The zero-order valence-corrected chi connectivity index (χ0v) is 30.3. The first-order valence-electron chi connectivity index (χ1n) is 16.5. The highest BCUT2D eigenvalue weighted by molar-refractivity contribution is 7.92. The molecule has 1 saturated heterocycles. The average Bonchev–Trinajstić information content (AvgIpc) is 3.82. The number of methoxy groups -OCH3 is 1. The van der Waals surface area contributed by atoms with E-state index in [9.17, 15) is 22.8 Å². The first kappa shape index (κ1) is 35.5. The molecule has 3 aromatic carbocycles. The molecule has 52 heavy (non-hydrogen) atoms. The number of carbonyl (C=O) groups is 2. The van der Waals surface area contributed by atoms with E-state index in [4.69, 9.17) is 27.9 Å². The normalized spacial score (nSPS) is 17.6. The van der Waals surface area contributed by atoms with E-state index < -0.39 is 39.5 Å². The van der Waals surface area contributed by atoms with Crippen LogP contribution in [-0.2, 0) is 21.3 Å². The van der Waals surface area contributed by atoms with Gasteiger partial charge in [0.15, 0.2) is 0 Å². The Morgan fingerprint density at radius 3 is 2.12 bits per heavy atom. The van der Waals surface area contributed by atoms with Gasteiger partial charge in [-0.15, -0.1) is 0 Å². The Morgan fingerprint density at radius 1 is 0.846 bits per heavy atom. The smallest absolute Gasteiger partial charge is 0.337 e. The van der Waals surface area contributed by atoms with Crippen LogP contribution in [0.4, 0.5) is 5.82 Å². The van der Waals surface area contributed by atoms with Gasteiger partial charge in [0.1, 0.15) is 11.4 Å². The number of ether oxygens (including phenoxy) is 1. The molecule has 0 aliphatic carbocycles. The summed E-state index contributed by atoms with van der Waals surface area (Å²) >= 11 is 12.5. The quantitative estimate of drug-likeness (QED) is 0.189. The van der Waals surface area contributed by atoms with Crippen molar-refractivity contribution in [3.63, 3.8) is 0 Å². The standard InChI is InChI=1S/C37H34Cl2N6O6S/c1-51-37(48)27-3-2-4-30(23-27)52(49,50)45-32-14-13-31(35(46)43-21-19-41(20-22-43)17-18-42-16-15-40-24-42)36(47)44(32)33(25-5-9-28(38)10-6-25)34(45)26-7-11-29(39)12-8-26/h2-16,23-24,33-34H,17-22H2,1H3/t33-,34+/m1/s1. The number of hydrogen-bond donors (Lipinski definition) is 0. The Bertz CT molecular complexity index is 2270. The highest BCUT2D eigenvalue weighted by Crippen LogP contribution is 2.49. The van der Waals surface area contributed by atoms with Gasteiger partial charge < -0.3 is 14.2 Å². The van der Waals surface area contributed by atoms with Crippen molar-refractivity contribution in [1.82, 2.24) is 23.9 Å². The molecular formula is C37H34Cl2N6O6S. The number of amides is 1. The zero-order valence-electron chi connectivity index (χ0n) is 28.0. The summed E-state index contributed by atoms with van der Waals surface area (Å²) in [6, 6.07) is 20.0. The maximum Gasteiger partial charge on any atom is 0.337 e. The van der Waals surface area contributed by atoms with Crippen molar-refractivity contribution in [1.29, 1.82) is 0 Å². The molecule has 4 heterocycles. The predicted octanol–water partition coefficient (Wildman–Crippen LogP) is 5.14. The van der Waals surface area contributed by atoms with Gasteiger partial charge in [-0.3, -0.25) is 19.1 Å². The van der Waals surface area contributed by atoms with Crippen LogP contribution in [0, 0.1) is 0 Å². The van der Waals surface area contributed by atoms with Gasteiger partial charge in [-0.05, 0) is 65.7 Å². The summed E-state index contributed by atoms with van der Waals surface area (Å²) in [5.74, 6) is -1.08. The summed E-state index contributed by atoms with van der Waals surface area (Å²) in [6.07, 6.45) is 5.40. The Morgan fingerprint density at radius 2 is 1.50 bits per heavy atom. The summed E-state index contributed by atoms with van der Waals surface area (Å²) in [5, 5.41) is 0.893. The third kappa shape index (κ3) is 6.72. The van der Waals surface area contributed by atoms with Crippen LogP contribution in [0.15, 0.2) is 113 Å². The van der Waals surface area contributed by atoms with Crippen molar-refractivity contribution < 1.29 is 22.7 Å². The SMILES string of the molecule is COC(=O)c1cccc(S(=O)(=O)N2c3ccc(C(=O)N4CCN(CCn5ccnc5)CC4)c(=O)n3[C@H](c3ccc(Cl)cc3)[C@@H]2c2ccc(Cl)cc2)c1. The lowest BCUT2D eigenvalue weighted by molar-refractivity contribution is 0.0598. The summed E-state index contributed by atoms with van der Waals surface area (Å²) in [4.78, 5) is 49.0. The molecule has 7 rings (SSSR count). The fourth-order valence-electron chi connectivity index (χ4n) is 6.84. The molecule has 1 fully saturated rings. The largest absolute Gasteiger partial charge is 0.465 e. The first-order chi connectivity index (χ1) is 25.1. The molecule has 0 bridgehead atoms. The number of pyridine rings is 1. The Balaban J connectivity index is 1.32. The molecule has 0 saturated carbocycles.